The number of ether oxygens (including phenoxy) is 4. The highest BCUT2D eigenvalue weighted by molar-refractivity contribution is 5.96. The molecule has 1 saturated carbocycles. The summed E-state index contributed by atoms with van der Waals surface area (Å²) in [6.45, 7) is 2.02. The zero-order valence-electron chi connectivity index (χ0n) is 16.3. The van der Waals surface area contributed by atoms with E-state index in [2.05, 4.69) is 10.6 Å². The van der Waals surface area contributed by atoms with Crippen LogP contribution in [0.15, 0.2) is 36.4 Å². The second-order valence-electron chi connectivity index (χ2n) is 7.76. The van der Waals surface area contributed by atoms with Crippen LogP contribution >= 0.6 is 0 Å². The second-order valence-corrected chi connectivity index (χ2v) is 7.76. The monoisotopic (exact) mass is 396 g/mol. The summed E-state index contributed by atoms with van der Waals surface area (Å²) in [5, 5.41) is 6.13. The van der Waals surface area contributed by atoms with Crippen molar-refractivity contribution in [2.75, 3.05) is 17.4 Å². The second kappa shape index (κ2) is 7.06. The predicted octanol–water partition coefficient (Wildman–Crippen LogP) is 4.29. The number of nitrogens with one attached hydrogen (secondary N) is 2. The van der Waals surface area contributed by atoms with Crippen molar-refractivity contribution in [3.8, 4) is 23.0 Å². The van der Waals surface area contributed by atoms with Crippen LogP contribution in [0.2, 0.25) is 0 Å². The highest BCUT2D eigenvalue weighted by Crippen LogP contribution is 2.46. The minimum absolute atomic E-state index is 0.148. The molecule has 1 aliphatic carbocycles. The minimum atomic E-state index is -0.498. The maximum atomic E-state index is 12.6. The first-order valence-electron chi connectivity index (χ1n) is 10.1. The van der Waals surface area contributed by atoms with E-state index < -0.39 is 11.8 Å². The fourth-order valence-electron chi connectivity index (χ4n) is 4.02. The SMILES string of the molecule is CC(Nc1ccc2c(c1)OC1(CCCCC1)O2)C(=O)Nc1ccc2c(c1)OCO2. The summed E-state index contributed by atoms with van der Waals surface area (Å²) in [7, 11) is 0. The Kier molecular flexibility index (Phi) is 4.38. The van der Waals surface area contributed by atoms with Gasteiger partial charge < -0.3 is 29.6 Å². The van der Waals surface area contributed by atoms with Gasteiger partial charge in [-0.05, 0) is 44.0 Å². The standard InChI is InChI=1S/C22H24N2O5/c1-14(21(25)24-16-5-7-17-19(11-16)27-13-26-17)23-15-6-8-18-20(12-15)29-22(28-18)9-3-2-4-10-22/h5-8,11-12,14,23H,2-4,9-10,13H2,1H3,(H,24,25). The third-order valence-electron chi connectivity index (χ3n) is 5.57. The number of fused-ring (bicyclic) bond motifs is 2. The fourth-order valence-corrected chi connectivity index (χ4v) is 4.02. The molecule has 2 aromatic carbocycles. The Morgan fingerprint density at radius 3 is 2.45 bits per heavy atom. The van der Waals surface area contributed by atoms with Gasteiger partial charge in [-0.25, -0.2) is 0 Å². The molecule has 0 bridgehead atoms. The molecule has 7 nitrogen and oxygen atoms in total. The molecule has 7 heteroatoms. The number of carbonyl (C=O) groups excluding carboxylic acids is 1. The Morgan fingerprint density at radius 2 is 1.59 bits per heavy atom. The summed E-state index contributed by atoms with van der Waals surface area (Å²) in [6.07, 6.45) is 5.30. The van der Waals surface area contributed by atoms with Gasteiger partial charge in [-0.1, -0.05) is 6.42 Å². The molecule has 0 saturated heterocycles. The molecule has 2 heterocycles. The Labute approximate surface area is 169 Å². The van der Waals surface area contributed by atoms with Gasteiger partial charge >= 0.3 is 0 Å². The van der Waals surface area contributed by atoms with E-state index in [0.29, 0.717) is 17.2 Å². The Hall–Kier alpha value is -3.09. The van der Waals surface area contributed by atoms with Crippen LogP contribution in [-0.2, 0) is 4.79 Å². The maximum Gasteiger partial charge on any atom is 0.251 e. The lowest BCUT2D eigenvalue weighted by atomic mass is 9.94. The van der Waals surface area contributed by atoms with E-state index in [1.165, 1.54) is 6.42 Å². The average Bonchev–Trinajstić information content (AvgIpc) is 3.31. The van der Waals surface area contributed by atoms with E-state index in [1.807, 2.05) is 25.1 Å². The topological polar surface area (TPSA) is 78.1 Å². The molecule has 2 aromatic rings. The van der Waals surface area contributed by atoms with Gasteiger partial charge in [-0.2, -0.15) is 0 Å². The van der Waals surface area contributed by atoms with E-state index in [-0.39, 0.29) is 12.7 Å². The van der Waals surface area contributed by atoms with Crippen LogP contribution in [-0.4, -0.2) is 24.5 Å². The number of hydrogen-bond donors (Lipinski definition) is 2. The summed E-state index contributed by atoms with van der Waals surface area (Å²) in [5.41, 5.74) is 1.48. The third kappa shape index (κ3) is 3.52. The number of carbonyl (C=O) groups is 1. The first-order chi connectivity index (χ1) is 14.1. The maximum absolute atomic E-state index is 12.6. The fraction of sp³-hybridized carbons (Fsp3) is 0.409. The Balaban J connectivity index is 1.23. The molecule has 5 rings (SSSR count). The Morgan fingerprint density at radius 1 is 0.897 bits per heavy atom. The molecule has 0 radical (unpaired) electrons. The van der Waals surface area contributed by atoms with Crippen molar-refractivity contribution in [1.29, 1.82) is 0 Å². The van der Waals surface area contributed by atoms with E-state index in [0.717, 1.165) is 42.9 Å². The van der Waals surface area contributed by atoms with Gasteiger partial charge in [-0.15, -0.1) is 0 Å². The molecule has 2 aliphatic heterocycles. The number of amides is 1. The quantitative estimate of drug-likeness (QED) is 0.803. The lowest BCUT2D eigenvalue weighted by Gasteiger charge is -2.31. The van der Waals surface area contributed by atoms with Crippen LogP contribution in [0.1, 0.15) is 39.0 Å². The van der Waals surface area contributed by atoms with Crippen molar-refractivity contribution in [3.05, 3.63) is 36.4 Å². The number of rotatable bonds is 4. The highest BCUT2D eigenvalue weighted by Gasteiger charge is 2.42. The lowest BCUT2D eigenvalue weighted by molar-refractivity contribution is -0.116. The molecule has 3 aliphatic rings. The highest BCUT2D eigenvalue weighted by atomic mass is 16.7. The van der Waals surface area contributed by atoms with Gasteiger partial charge in [0.15, 0.2) is 23.0 Å². The Bertz CT molecular complexity index is 939. The van der Waals surface area contributed by atoms with Crippen molar-refractivity contribution in [3.63, 3.8) is 0 Å². The molecule has 1 spiro atoms. The largest absolute Gasteiger partial charge is 0.454 e. The normalized spacial score (nSPS) is 19.1. The van der Waals surface area contributed by atoms with Gasteiger partial charge in [0.05, 0.1) is 0 Å². The van der Waals surface area contributed by atoms with Crippen molar-refractivity contribution < 1.29 is 23.7 Å². The summed E-state index contributed by atoms with van der Waals surface area (Å²) in [4.78, 5) is 12.6. The summed E-state index contributed by atoms with van der Waals surface area (Å²) in [5.74, 6) is 2.18. The van der Waals surface area contributed by atoms with Crippen molar-refractivity contribution in [2.24, 2.45) is 0 Å². The molecule has 1 atom stereocenters. The van der Waals surface area contributed by atoms with E-state index >= 15 is 0 Å². The van der Waals surface area contributed by atoms with Crippen molar-refractivity contribution in [2.45, 2.75) is 50.9 Å². The first-order valence-corrected chi connectivity index (χ1v) is 10.1. The summed E-state index contributed by atoms with van der Waals surface area (Å²) < 4.78 is 22.9. The molecular weight excluding hydrogens is 372 g/mol. The summed E-state index contributed by atoms with van der Waals surface area (Å²) in [6, 6.07) is 10.6. The zero-order chi connectivity index (χ0) is 19.8. The van der Waals surface area contributed by atoms with E-state index in [1.54, 1.807) is 18.2 Å². The molecule has 152 valence electrons. The van der Waals surface area contributed by atoms with Crippen LogP contribution in [0.25, 0.3) is 0 Å². The van der Waals surface area contributed by atoms with Crippen LogP contribution < -0.4 is 29.6 Å². The van der Waals surface area contributed by atoms with Gasteiger partial charge in [0.1, 0.15) is 6.04 Å². The summed E-state index contributed by atoms with van der Waals surface area (Å²) >= 11 is 0. The third-order valence-corrected chi connectivity index (χ3v) is 5.57. The van der Waals surface area contributed by atoms with Crippen molar-refractivity contribution in [1.82, 2.24) is 0 Å². The minimum Gasteiger partial charge on any atom is -0.454 e. The van der Waals surface area contributed by atoms with Gasteiger partial charge in [0.2, 0.25) is 12.7 Å². The lowest BCUT2D eigenvalue weighted by Crippen LogP contribution is -2.40. The molecule has 1 amide bonds. The predicted molar refractivity (Wildman–Crippen MR) is 108 cm³/mol. The van der Waals surface area contributed by atoms with Gasteiger partial charge in [0, 0.05) is 36.3 Å². The van der Waals surface area contributed by atoms with Crippen LogP contribution in [0, 0.1) is 0 Å². The van der Waals surface area contributed by atoms with Crippen LogP contribution in [0.5, 0.6) is 23.0 Å². The van der Waals surface area contributed by atoms with E-state index in [9.17, 15) is 4.79 Å². The number of hydrogen-bond acceptors (Lipinski definition) is 6. The zero-order valence-corrected chi connectivity index (χ0v) is 16.3. The first kappa shape index (κ1) is 18.0. The van der Waals surface area contributed by atoms with Crippen molar-refractivity contribution >= 4 is 17.3 Å². The molecule has 1 unspecified atom stereocenters. The van der Waals surface area contributed by atoms with Gasteiger partial charge in [0.25, 0.3) is 5.79 Å². The van der Waals surface area contributed by atoms with E-state index in [4.69, 9.17) is 18.9 Å². The molecule has 2 N–H and O–H groups in total. The molecule has 29 heavy (non-hydrogen) atoms. The van der Waals surface area contributed by atoms with Crippen LogP contribution in [0.3, 0.4) is 0 Å². The number of anilines is 2. The van der Waals surface area contributed by atoms with Crippen LogP contribution in [0.4, 0.5) is 11.4 Å². The average molecular weight is 396 g/mol. The smallest absolute Gasteiger partial charge is 0.251 e. The van der Waals surface area contributed by atoms with Gasteiger partial charge in [-0.3, -0.25) is 4.79 Å². The molecule has 0 aromatic heterocycles. The molecule has 1 fully saturated rings. The molecular formula is C22H24N2O5. The number of benzene rings is 2.